The lowest BCUT2D eigenvalue weighted by atomic mass is 10.0. The summed E-state index contributed by atoms with van der Waals surface area (Å²) in [5.74, 6) is -3.92. The Labute approximate surface area is 229 Å². The number of carboxylic acids is 1. The van der Waals surface area contributed by atoms with Gasteiger partial charge in [0.05, 0.1) is 16.9 Å². The average molecular weight is 549 g/mol. The number of amides is 4. The van der Waals surface area contributed by atoms with Crippen molar-refractivity contribution in [2.75, 3.05) is 22.1 Å². The average Bonchev–Trinajstić information content (AvgIpc) is 3.34. The predicted molar refractivity (Wildman–Crippen MR) is 146 cm³/mol. The van der Waals surface area contributed by atoms with Crippen molar-refractivity contribution in [3.8, 4) is 0 Å². The minimum absolute atomic E-state index is 0.0508. The van der Waals surface area contributed by atoms with E-state index in [-0.39, 0.29) is 23.6 Å². The SMILES string of the molecule is O=C(Nc1cc(Cl)ccc1N1CCCC1=O)C(=O)N[C@@H](Cc1ccccc1)C(=O)Nc1ccc(C(=O)O)cc1. The topological polar surface area (TPSA) is 145 Å². The Morgan fingerprint density at radius 2 is 1.64 bits per heavy atom. The molecule has 3 aromatic rings. The molecule has 0 unspecified atom stereocenters. The van der Waals surface area contributed by atoms with E-state index in [1.807, 2.05) is 6.07 Å². The Bertz CT molecular complexity index is 1410. The molecule has 1 aliphatic rings. The van der Waals surface area contributed by atoms with Gasteiger partial charge in [0.15, 0.2) is 0 Å². The Morgan fingerprint density at radius 1 is 0.923 bits per heavy atom. The summed E-state index contributed by atoms with van der Waals surface area (Å²) in [7, 11) is 0. The van der Waals surface area contributed by atoms with Gasteiger partial charge in [0.25, 0.3) is 0 Å². The maximum atomic E-state index is 13.1. The van der Waals surface area contributed by atoms with Gasteiger partial charge in [0.1, 0.15) is 6.04 Å². The van der Waals surface area contributed by atoms with Crippen LogP contribution >= 0.6 is 11.6 Å². The monoisotopic (exact) mass is 548 g/mol. The van der Waals surface area contributed by atoms with Gasteiger partial charge in [0, 0.05) is 30.1 Å². The van der Waals surface area contributed by atoms with Gasteiger partial charge >= 0.3 is 17.8 Å². The van der Waals surface area contributed by atoms with E-state index in [9.17, 15) is 24.0 Å². The van der Waals surface area contributed by atoms with Crippen LogP contribution in [0.15, 0.2) is 72.8 Å². The van der Waals surface area contributed by atoms with Crippen molar-refractivity contribution in [2.24, 2.45) is 0 Å². The highest BCUT2D eigenvalue weighted by atomic mass is 35.5. The number of nitrogens with one attached hydrogen (secondary N) is 3. The van der Waals surface area contributed by atoms with Crippen LogP contribution in [-0.2, 0) is 25.6 Å². The van der Waals surface area contributed by atoms with Gasteiger partial charge in [-0.1, -0.05) is 41.9 Å². The maximum absolute atomic E-state index is 13.1. The molecular formula is C28H25ClN4O6. The molecule has 200 valence electrons. The molecule has 1 fully saturated rings. The summed E-state index contributed by atoms with van der Waals surface area (Å²) < 4.78 is 0. The molecule has 1 saturated heterocycles. The number of carbonyl (C=O) groups is 5. The number of carbonyl (C=O) groups excluding carboxylic acids is 4. The third kappa shape index (κ3) is 6.99. The molecule has 1 aliphatic heterocycles. The lowest BCUT2D eigenvalue weighted by Crippen LogP contribution is -2.49. The Hall–Kier alpha value is -4.70. The van der Waals surface area contributed by atoms with Crippen LogP contribution in [0.5, 0.6) is 0 Å². The second kappa shape index (κ2) is 12.2. The molecule has 10 nitrogen and oxygen atoms in total. The standard InChI is InChI=1S/C28H25ClN4O6/c29-19-10-13-23(33-14-4-7-24(33)34)21(16-19)31-26(36)27(37)32-22(15-17-5-2-1-3-6-17)25(35)30-20-11-8-18(9-12-20)28(38)39/h1-3,5-6,8-13,16,22H,4,7,14-15H2,(H,30,35)(H,31,36)(H,32,37)(H,38,39)/t22-/m0/s1. The van der Waals surface area contributed by atoms with Crippen LogP contribution in [0.3, 0.4) is 0 Å². The van der Waals surface area contributed by atoms with Crippen molar-refractivity contribution in [3.05, 3.63) is 88.9 Å². The minimum Gasteiger partial charge on any atom is -0.478 e. The van der Waals surface area contributed by atoms with Crippen LogP contribution in [0, 0.1) is 0 Å². The van der Waals surface area contributed by atoms with Crippen molar-refractivity contribution in [1.29, 1.82) is 0 Å². The number of hydrogen-bond acceptors (Lipinski definition) is 5. The van der Waals surface area contributed by atoms with Gasteiger partial charge in [-0.05, 0) is 54.4 Å². The van der Waals surface area contributed by atoms with Crippen molar-refractivity contribution >= 4 is 58.3 Å². The van der Waals surface area contributed by atoms with E-state index >= 15 is 0 Å². The molecule has 0 aliphatic carbocycles. The first-order valence-corrected chi connectivity index (χ1v) is 12.5. The van der Waals surface area contributed by atoms with E-state index in [4.69, 9.17) is 16.7 Å². The van der Waals surface area contributed by atoms with E-state index in [0.29, 0.717) is 35.8 Å². The first-order valence-electron chi connectivity index (χ1n) is 12.1. The van der Waals surface area contributed by atoms with E-state index in [2.05, 4.69) is 16.0 Å². The fourth-order valence-electron chi connectivity index (χ4n) is 4.13. The molecule has 0 bridgehead atoms. The Morgan fingerprint density at radius 3 is 2.28 bits per heavy atom. The fraction of sp³-hybridized carbons (Fsp3) is 0.179. The van der Waals surface area contributed by atoms with Crippen molar-refractivity contribution < 1.29 is 29.1 Å². The zero-order valence-corrected chi connectivity index (χ0v) is 21.4. The van der Waals surface area contributed by atoms with Crippen LogP contribution < -0.4 is 20.9 Å². The number of benzene rings is 3. The first-order chi connectivity index (χ1) is 18.7. The Kier molecular flexibility index (Phi) is 8.57. The van der Waals surface area contributed by atoms with Gasteiger partial charge < -0.3 is 26.0 Å². The number of carboxylic acid groups (broad SMARTS) is 1. The molecule has 4 rings (SSSR count). The molecule has 1 heterocycles. The number of anilines is 3. The first kappa shape index (κ1) is 27.3. The molecule has 0 aromatic heterocycles. The molecule has 0 saturated carbocycles. The van der Waals surface area contributed by atoms with E-state index < -0.39 is 29.7 Å². The van der Waals surface area contributed by atoms with E-state index in [0.717, 1.165) is 5.56 Å². The predicted octanol–water partition coefficient (Wildman–Crippen LogP) is 3.47. The maximum Gasteiger partial charge on any atom is 0.335 e. The second-order valence-corrected chi connectivity index (χ2v) is 9.29. The highest BCUT2D eigenvalue weighted by Crippen LogP contribution is 2.32. The quantitative estimate of drug-likeness (QED) is 0.317. The number of hydrogen-bond donors (Lipinski definition) is 4. The summed E-state index contributed by atoms with van der Waals surface area (Å²) in [4.78, 5) is 63.8. The molecule has 39 heavy (non-hydrogen) atoms. The number of nitrogens with zero attached hydrogens (tertiary/aromatic N) is 1. The molecule has 11 heteroatoms. The van der Waals surface area contributed by atoms with Crippen LogP contribution in [0.25, 0.3) is 0 Å². The van der Waals surface area contributed by atoms with Gasteiger partial charge in [-0.15, -0.1) is 0 Å². The third-order valence-electron chi connectivity index (χ3n) is 6.08. The van der Waals surface area contributed by atoms with Gasteiger partial charge in [-0.25, -0.2) is 4.79 Å². The summed E-state index contributed by atoms with van der Waals surface area (Å²) >= 11 is 6.10. The van der Waals surface area contributed by atoms with Crippen molar-refractivity contribution in [1.82, 2.24) is 5.32 Å². The number of aromatic carboxylic acids is 1. The zero-order chi connectivity index (χ0) is 27.9. The number of halogens is 1. The largest absolute Gasteiger partial charge is 0.478 e. The highest BCUT2D eigenvalue weighted by Gasteiger charge is 2.28. The van der Waals surface area contributed by atoms with E-state index in [1.165, 1.54) is 35.2 Å². The fourth-order valence-corrected chi connectivity index (χ4v) is 4.31. The lowest BCUT2D eigenvalue weighted by molar-refractivity contribution is -0.137. The van der Waals surface area contributed by atoms with Gasteiger partial charge in [0.2, 0.25) is 11.8 Å². The van der Waals surface area contributed by atoms with Gasteiger partial charge in [-0.3, -0.25) is 19.2 Å². The van der Waals surface area contributed by atoms with Crippen LogP contribution in [0.2, 0.25) is 5.02 Å². The summed E-state index contributed by atoms with van der Waals surface area (Å²) in [6.07, 6.45) is 1.14. The normalized spacial score (nSPS) is 13.5. The summed E-state index contributed by atoms with van der Waals surface area (Å²) in [6, 6.07) is 17.9. The summed E-state index contributed by atoms with van der Waals surface area (Å²) in [5, 5.41) is 17.0. The summed E-state index contributed by atoms with van der Waals surface area (Å²) in [6.45, 7) is 0.475. The highest BCUT2D eigenvalue weighted by molar-refractivity contribution is 6.40. The molecule has 3 aromatic carbocycles. The second-order valence-electron chi connectivity index (χ2n) is 8.85. The number of rotatable bonds is 8. The molecule has 4 amide bonds. The smallest absolute Gasteiger partial charge is 0.335 e. The minimum atomic E-state index is -1.14. The molecule has 1 atom stereocenters. The third-order valence-corrected chi connectivity index (χ3v) is 6.32. The lowest BCUT2D eigenvalue weighted by Gasteiger charge is -2.21. The van der Waals surface area contributed by atoms with Gasteiger partial charge in [-0.2, -0.15) is 0 Å². The van der Waals surface area contributed by atoms with Crippen LogP contribution in [-0.4, -0.2) is 47.3 Å². The molecule has 0 radical (unpaired) electrons. The van der Waals surface area contributed by atoms with Crippen LogP contribution in [0.4, 0.5) is 17.1 Å². The molecular weight excluding hydrogens is 524 g/mol. The zero-order valence-electron chi connectivity index (χ0n) is 20.6. The molecule has 4 N–H and O–H groups in total. The van der Waals surface area contributed by atoms with E-state index in [1.54, 1.807) is 36.4 Å². The van der Waals surface area contributed by atoms with Crippen molar-refractivity contribution in [3.63, 3.8) is 0 Å². The Balaban J connectivity index is 1.50. The summed E-state index contributed by atoms with van der Waals surface area (Å²) in [5.41, 5.74) is 1.73. The molecule has 0 spiro atoms. The van der Waals surface area contributed by atoms with Crippen LogP contribution in [0.1, 0.15) is 28.8 Å². The van der Waals surface area contributed by atoms with Crippen molar-refractivity contribution in [2.45, 2.75) is 25.3 Å².